The maximum Gasteiger partial charge on any atom is 0.259 e. The molecule has 6 heteroatoms. The predicted molar refractivity (Wildman–Crippen MR) is 80.7 cm³/mol. The third-order valence-electron chi connectivity index (χ3n) is 4.90. The van der Waals surface area contributed by atoms with E-state index in [1.807, 2.05) is 17.2 Å². The third kappa shape index (κ3) is 2.09. The Labute approximate surface area is 129 Å². The summed E-state index contributed by atoms with van der Waals surface area (Å²) in [6.07, 6.45) is 10.5. The highest BCUT2D eigenvalue weighted by atomic mass is 16.5. The molecule has 0 bridgehead atoms. The fourth-order valence-corrected chi connectivity index (χ4v) is 3.78. The van der Waals surface area contributed by atoms with Gasteiger partial charge in [0.1, 0.15) is 5.56 Å². The number of likely N-dealkylation sites (tertiary alicyclic amines) is 1. The van der Waals surface area contributed by atoms with Crippen molar-refractivity contribution in [1.82, 2.24) is 19.5 Å². The smallest absolute Gasteiger partial charge is 0.259 e. The van der Waals surface area contributed by atoms with E-state index in [9.17, 15) is 4.79 Å². The Morgan fingerprint density at radius 3 is 3.05 bits per heavy atom. The number of amides is 1. The highest BCUT2D eigenvalue weighted by Gasteiger charge is 2.43. The number of rotatable bonds is 1. The van der Waals surface area contributed by atoms with Crippen LogP contribution in [0.1, 0.15) is 42.5 Å². The van der Waals surface area contributed by atoms with Gasteiger partial charge in [0.25, 0.3) is 5.91 Å². The zero-order valence-electron chi connectivity index (χ0n) is 12.6. The van der Waals surface area contributed by atoms with Crippen molar-refractivity contribution in [3.8, 4) is 0 Å². The van der Waals surface area contributed by atoms with Gasteiger partial charge in [0.15, 0.2) is 5.65 Å². The Kier molecular flexibility index (Phi) is 3.33. The highest BCUT2D eigenvalue weighted by molar-refractivity contribution is 6.00. The zero-order valence-corrected chi connectivity index (χ0v) is 12.6. The molecule has 2 fully saturated rings. The molecule has 1 amide bonds. The Bertz CT molecular complexity index is 682. The first-order valence-corrected chi connectivity index (χ1v) is 7.98. The summed E-state index contributed by atoms with van der Waals surface area (Å²) in [5.74, 6) is 0.0406. The molecule has 4 heterocycles. The van der Waals surface area contributed by atoms with Crippen LogP contribution in [0.4, 0.5) is 0 Å². The van der Waals surface area contributed by atoms with Crippen molar-refractivity contribution in [2.75, 3.05) is 19.8 Å². The Hall–Kier alpha value is -1.95. The second kappa shape index (κ2) is 5.35. The largest absolute Gasteiger partial charge is 0.379 e. The van der Waals surface area contributed by atoms with E-state index < -0.39 is 0 Å². The fourth-order valence-electron chi connectivity index (χ4n) is 3.78. The maximum atomic E-state index is 13.1. The SMILES string of the molecule is O=C(c1cnn2cccnc12)N1CCCCC12CCCOC2. The van der Waals surface area contributed by atoms with Crippen LogP contribution >= 0.6 is 0 Å². The molecular weight excluding hydrogens is 280 g/mol. The number of carbonyl (C=O) groups is 1. The number of carbonyl (C=O) groups excluding carboxylic acids is 1. The fraction of sp³-hybridized carbons (Fsp3) is 0.562. The van der Waals surface area contributed by atoms with Gasteiger partial charge in [0.05, 0.1) is 18.3 Å². The van der Waals surface area contributed by atoms with Crippen LogP contribution in [0.2, 0.25) is 0 Å². The molecule has 22 heavy (non-hydrogen) atoms. The summed E-state index contributed by atoms with van der Waals surface area (Å²) in [4.78, 5) is 19.5. The summed E-state index contributed by atoms with van der Waals surface area (Å²) < 4.78 is 7.37. The van der Waals surface area contributed by atoms with Crippen LogP contribution in [0.5, 0.6) is 0 Å². The van der Waals surface area contributed by atoms with Gasteiger partial charge in [0.2, 0.25) is 0 Å². The van der Waals surface area contributed by atoms with Crippen molar-refractivity contribution in [2.45, 2.75) is 37.6 Å². The molecule has 2 aromatic rings. The molecule has 2 aliphatic heterocycles. The summed E-state index contributed by atoms with van der Waals surface area (Å²) in [6.45, 7) is 2.26. The molecule has 0 radical (unpaired) electrons. The number of piperidine rings is 1. The summed E-state index contributed by atoms with van der Waals surface area (Å²) in [6, 6.07) is 1.81. The van der Waals surface area contributed by atoms with Crippen LogP contribution in [-0.2, 0) is 4.74 Å². The summed E-state index contributed by atoms with van der Waals surface area (Å²) >= 11 is 0. The van der Waals surface area contributed by atoms with Gasteiger partial charge in [0, 0.05) is 25.5 Å². The van der Waals surface area contributed by atoms with Crippen molar-refractivity contribution in [1.29, 1.82) is 0 Å². The average Bonchev–Trinajstić information content (AvgIpc) is 2.99. The molecular formula is C16H20N4O2. The zero-order chi connectivity index (χ0) is 15.0. The van der Waals surface area contributed by atoms with Gasteiger partial charge in [-0.25, -0.2) is 9.50 Å². The Morgan fingerprint density at radius 1 is 1.27 bits per heavy atom. The van der Waals surface area contributed by atoms with Gasteiger partial charge in [-0.05, 0) is 38.2 Å². The molecule has 2 aromatic heterocycles. The molecule has 0 saturated carbocycles. The lowest BCUT2D eigenvalue weighted by Crippen LogP contribution is -2.58. The third-order valence-corrected chi connectivity index (χ3v) is 4.90. The van der Waals surface area contributed by atoms with Crippen molar-refractivity contribution in [2.24, 2.45) is 0 Å². The van der Waals surface area contributed by atoms with Gasteiger partial charge in [-0.3, -0.25) is 4.79 Å². The topological polar surface area (TPSA) is 59.7 Å². The molecule has 2 saturated heterocycles. The van der Waals surface area contributed by atoms with E-state index in [0.717, 1.165) is 38.8 Å². The van der Waals surface area contributed by atoms with E-state index in [0.29, 0.717) is 17.8 Å². The van der Waals surface area contributed by atoms with Gasteiger partial charge in [-0.1, -0.05) is 0 Å². The van der Waals surface area contributed by atoms with E-state index in [-0.39, 0.29) is 11.4 Å². The first-order valence-electron chi connectivity index (χ1n) is 7.98. The first kappa shape index (κ1) is 13.7. The lowest BCUT2D eigenvalue weighted by atomic mass is 9.81. The molecule has 0 aliphatic carbocycles. The lowest BCUT2D eigenvalue weighted by molar-refractivity contribution is -0.0548. The molecule has 0 aromatic carbocycles. The van der Waals surface area contributed by atoms with Crippen molar-refractivity contribution < 1.29 is 9.53 Å². The number of aromatic nitrogens is 3. The number of nitrogens with zero attached hydrogens (tertiary/aromatic N) is 4. The van der Waals surface area contributed by atoms with E-state index in [2.05, 4.69) is 10.1 Å². The molecule has 4 rings (SSSR count). The second-order valence-corrected chi connectivity index (χ2v) is 6.24. The molecule has 1 spiro atoms. The quantitative estimate of drug-likeness (QED) is 0.807. The van der Waals surface area contributed by atoms with Crippen molar-refractivity contribution >= 4 is 11.6 Å². The summed E-state index contributed by atoms with van der Waals surface area (Å²) in [5, 5.41) is 4.24. The van der Waals surface area contributed by atoms with Gasteiger partial charge >= 0.3 is 0 Å². The molecule has 2 aliphatic rings. The first-order chi connectivity index (χ1) is 10.8. The summed E-state index contributed by atoms with van der Waals surface area (Å²) in [7, 11) is 0. The molecule has 1 atom stereocenters. The van der Waals surface area contributed by atoms with Crippen LogP contribution in [0.25, 0.3) is 5.65 Å². The second-order valence-electron chi connectivity index (χ2n) is 6.24. The van der Waals surface area contributed by atoms with Gasteiger partial charge in [-0.2, -0.15) is 5.10 Å². The number of ether oxygens (including phenoxy) is 1. The predicted octanol–water partition coefficient (Wildman–Crippen LogP) is 1.90. The minimum absolute atomic E-state index is 0.0406. The number of hydrogen-bond donors (Lipinski definition) is 0. The lowest BCUT2D eigenvalue weighted by Gasteiger charge is -2.49. The van der Waals surface area contributed by atoms with Gasteiger partial charge in [-0.15, -0.1) is 0 Å². The van der Waals surface area contributed by atoms with Crippen LogP contribution in [0, 0.1) is 0 Å². The van der Waals surface area contributed by atoms with E-state index in [4.69, 9.17) is 4.74 Å². The average molecular weight is 300 g/mol. The van der Waals surface area contributed by atoms with Crippen LogP contribution in [0.15, 0.2) is 24.7 Å². The minimum atomic E-state index is -0.128. The Morgan fingerprint density at radius 2 is 2.18 bits per heavy atom. The van der Waals surface area contributed by atoms with Gasteiger partial charge < -0.3 is 9.64 Å². The van der Waals surface area contributed by atoms with Crippen LogP contribution < -0.4 is 0 Å². The molecule has 0 N–H and O–H groups in total. The van der Waals surface area contributed by atoms with Crippen molar-refractivity contribution in [3.63, 3.8) is 0 Å². The molecule has 1 unspecified atom stereocenters. The minimum Gasteiger partial charge on any atom is -0.379 e. The van der Waals surface area contributed by atoms with E-state index in [1.165, 1.54) is 6.42 Å². The van der Waals surface area contributed by atoms with Crippen LogP contribution in [0.3, 0.4) is 0 Å². The molecule has 116 valence electrons. The van der Waals surface area contributed by atoms with E-state index in [1.54, 1.807) is 16.9 Å². The monoisotopic (exact) mass is 300 g/mol. The Balaban J connectivity index is 1.71. The summed E-state index contributed by atoms with van der Waals surface area (Å²) in [5.41, 5.74) is 1.09. The number of fused-ring (bicyclic) bond motifs is 1. The maximum absolute atomic E-state index is 13.1. The van der Waals surface area contributed by atoms with Crippen molar-refractivity contribution in [3.05, 3.63) is 30.2 Å². The normalized spacial score (nSPS) is 25.7. The number of hydrogen-bond acceptors (Lipinski definition) is 4. The highest BCUT2D eigenvalue weighted by Crippen LogP contribution is 2.36. The van der Waals surface area contributed by atoms with Crippen LogP contribution in [-0.4, -0.2) is 50.7 Å². The molecule has 6 nitrogen and oxygen atoms in total. The standard InChI is InChI=1S/C16H20N4O2/c21-15(13-11-18-20-9-4-7-17-14(13)20)19-8-2-1-5-16(19)6-3-10-22-12-16/h4,7,9,11H,1-3,5-6,8,10,12H2. The van der Waals surface area contributed by atoms with E-state index >= 15 is 0 Å².